The number of anilines is 1. The largest absolute Gasteiger partial charge is 0.493 e. The Kier molecular flexibility index (Phi) is 5.99. The van der Waals surface area contributed by atoms with Gasteiger partial charge in [-0.25, -0.2) is 4.39 Å². The zero-order valence-electron chi connectivity index (χ0n) is 14.8. The van der Waals surface area contributed by atoms with Gasteiger partial charge in [-0.3, -0.25) is 9.78 Å². The Hall–Kier alpha value is -3.41. The number of hydrogen-bond acceptors (Lipinski definition) is 4. The molecule has 2 aromatic carbocycles. The van der Waals surface area contributed by atoms with Gasteiger partial charge < -0.3 is 14.8 Å². The average Bonchev–Trinajstić information content (AvgIpc) is 2.69. The molecule has 0 spiro atoms. The number of aromatic nitrogens is 1. The molecule has 0 aliphatic heterocycles. The van der Waals surface area contributed by atoms with E-state index in [2.05, 4.69) is 10.3 Å². The van der Waals surface area contributed by atoms with Crippen molar-refractivity contribution < 1.29 is 18.7 Å². The number of hydrogen-bond donors (Lipinski definition) is 1. The third kappa shape index (κ3) is 5.04. The van der Waals surface area contributed by atoms with Crippen molar-refractivity contribution in [2.75, 3.05) is 12.4 Å². The lowest BCUT2D eigenvalue weighted by Gasteiger charge is -2.13. The summed E-state index contributed by atoms with van der Waals surface area (Å²) in [7, 11) is 1.55. The van der Waals surface area contributed by atoms with E-state index < -0.39 is 5.82 Å². The molecule has 3 rings (SSSR count). The minimum absolute atomic E-state index is 0.0497. The number of benzene rings is 2. The molecule has 0 radical (unpaired) electrons. The van der Waals surface area contributed by atoms with Gasteiger partial charge in [-0.15, -0.1) is 0 Å². The van der Waals surface area contributed by atoms with Crippen LogP contribution in [0.25, 0.3) is 0 Å². The fourth-order valence-corrected chi connectivity index (χ4v) is 2.53. The van der Waals surface area contributed by atoms with Crippen LogP contribution < -0.4 is 14.8 Å². The maximum atomic E-state index is 13.7. The number of carbonyl (C=O) groups excluding carboxylic acids is 1. The fourth-order valence-electron chi connectivity index (χ4n) is 2.53. The van der Waals surface area contributed by atoms with Gasteiger partial charge >= 0.3 is 0 Å². The Labute approximate surface area is 156 Å². The highest BCUT2D eigenvalue weighted by molar-refractivity contribution is 5.92. The first-order valence-electron chi connectivity index (χ1n) is 8.38. The predicted octanol–water partition coefficient (Wildman–Crippen LogP) is 3.99. The molecule has 0 aliphatic rings. The van der Waals surface area contributed by atoms with Crippen LogP contribution >= 0.6 is 0 Å². The summed E-state index contributed by atoms with van der Waals surface area (Å²) in [5.74, 6) is 0.336. The normalized spacial score (nSPS) is 10.3. The molecule has 0 atom stereocenters. The Morgan fingerprint density at radius 3 is 2.59 bits per heavy atom. The quantitative estimate of drug-likeness (QED) is 0.687. The maximum Gasteiger partial charge on any atom is 0.228 e. The van der Waals surface area contributed by atoms with Crippen LogP contribution in [0, 0.1) is 5.82 Å². The molecule has 6 heteroatoms. The minimum Gasteiger partial charge on any atom is -0.493 e. The minimum atomic E-state index is -0.399. The van der Waals surface area contributed by atoms with E-state index in [0.717, 1.165) is 5.56 Å². The molecule has 27 heavy (non-hydrogen) atoms. The SMILES string of the molecule is COc1ccc(NC(=O)Cc2ccccc2F)cc1OCc1ccncc1. The topological polar surface area (TPSA) is 60.5 Å². The standard InChI is InChI=1S/C21H19FN2O3/c1-26-19-7-6-17(13-20(19)27-14-15-8-10-23-11-9-15)24-21(25)12-16-4-2-3-5-18(16)22/h2-11,13H,12,14H2,1H3,(H,24,25). The first-order chi connectivity index (χ1) is 13.2. The zero-order valence-corrected chi connectivity index (χ0v) is 14.8. The number of rotatable bonds is 7. The lowest BCUT2D eigenvalue weighted by Crippen LogP contribution is -2.15. The zero-order chi connectivity index (χ0) is 19.1. The van der Waals surface area contributed by atoms with Crippen molar-refractivity contribution in [2.24, 2.45) is 0 Å². The smallest absolute Gasteiger partial charge is 0.228 e. The molecule has 0 saturated heterocycles. The molecular formula is C21H19FN2O3. The number of pyridine rings is 1. The molecule has 138 valence electrons. The number of ether oxygens (including phenoxy) is 2. The molecule has 3 aromatic rings. The lowest BCUT2D eigenvalue weighted by atomic mass is 10.1. The summed E-state index contributed by atoms with van der Waals surface area (Å²) in [5, 5.41) is 2.76. The van der Waals surface area contributed by atoms with Gasteiger partial charge in [0, 0.05) is 24.1 Å². The fraction of sp³-hybridized carbons (Fsp3) is 0.143. The molecular weight excluding hydrogens is 347 g/mol. The monoisotopic (exact) mass is 366 g/mol. The second-order valence-electron chi connectivity index (χ2n) is 5.83. The highest BCUT2D eigenvalue weighted by Gasteiger charge is 2.11. The summed E-state index contributed by atoms with van der Waals surface area (Å²) in [6.07, 6.45) is 3.33. The Bertz CT molecular complexity index is 916. The summed E-state index contributed by atoms with van der Waals surface area (Å²) in [6.45, 7) is 0.339. The number of nitrogens with one attached hydrogen (secondary N) is 1. The van der Waals surface area contributed by atoms with Gasteiger partial charge in [0.15, 0.2) is 11.5 Å². The van der Waals surface area contributed by atoms with Crippen molar-refractivity contribution in [3.63, 3.8) is 0 Å². The molecule has 0 aliphatic carbocycles. The van der Waals surface area contributed by atoms with Crippen LogP contribution in [0.15, 0.2) is 67.0 Å². The third-order valence-corrected chi connectivity index (χ3v) is 3.90. The molecule has 0 bridgehead atoms. The lowest BCUT2D eigenvalue weighted by molar-refractivity contribution is -0.115. The van der Waals surface area contributed by atoms with E-state index in [0.29, 0.717) is 29.4 Å². The van der Waals surface area contributed by atoms with Gasteiger partial charge in [0.2, 0.25) is 5.91 Å². The molecule has 1 N–H and O–H groups in total. The molecule has 0 saturated carbocycles. The van der Waals surface area contributed by atoms with E-state index in [1.54, 1.807) is 55.9 Å². The van der Waals surface area contributed by atoms with Crippen LogP contribution in [-0.2, 0) is 17.8 Å². The molecule has 1 heterocycles. The van der Waals surface area contributed by atoms with Crippen LogP contribution in [0.5, 0.6) is 11.5 Å². The van der Waals surface area contributed by atoms with Gasteiger partial charge in [0.25, 0.3) is 0 Å². The second-order valence-corrected chi connectivity index (χ2v) is 5.83. The third-order valence-electron chi connectivity index (χ3n) is 3.90. The Morgan fingerprint density at radius 2 is 1.85 bits per heavy atom. The van der Waals surface area contributed by atoms with Crippen LogP contribution in [-0.4, -0.2) is 18.0 Å². The van der Waals surface area contributed by atoms with E-state index >= 15 is 0 Å². The molecule has 1 aromatic heterocycles. The van der Waals surface area contributed by atoms with E-state index in [9.17, 15) is 9.18 Å². The molecule has 1 amide bonds. The van der Waals surface area contributed by atoms with Gasteiger partial charge in [0.1, 0.15) is 12.4 Å². The predicted molar refractivity (Wildman–Crippen MR) is 100 cm³/mol. The number of amides is 1. The number of halogens is 1. The van der Waals surface area contributed by atoms with Crippen molar-refractivity contribution in [1.29, 1.82) is 0 Å². The summed E-state index contributed by atoms with van der Waals surface area (Å²) in [6, 6.07) is 15.0. The Balaban J connectivity index is 1.68. The van der Waals surface area contributed by atoms with E-state index in [4.69, 9.17) is 9.47 Å². The molecule has 5 nitrogen and oxygen atoms in total. The van der Waals surface area contributed by atoms with Crippen molar-refractivity contribution in [2.45, 2.75) is 13.0 Å². The summed E-state index contributed by atoms with van der Waals surface area (Å²) < 4.78 is 24.8. The van der Waals surface area contributed by atoms with Gasteiger partial charge in [-0.2, -0.15) is 0 Å². The van der Waals surface area contributed by atoms with E-state index in [1.165, 1.54) is 6.07 Å². The van der Waals surface area contributed by atoms with Crippen molar-refractivity contribution in [1.82, 2.24) is 4.98 Å². The van der Waals surface area contributed by atoms with Crippen molar-refractivity contribution in [3.8, 4) is 11.5 Å². The maximum absolute atomic E-state index is 13.7. The van der Waals surface area contributed by atoms with E-state index in [-0.39, 0.29) is 12.3 Å². The average molecular weight is 366 g/mol. The van der Waals surface area contributed by atoms with Gasteiger partial charge in [0.05, 0.1) is 13.5 Å². The summed E-state index contributed by atoms with van der Waals surface area (Å²) >= 11 is 0. The first-order valence-corrected chi connectivity index (χ1v) is 8.38. The summed E-state index contributed by atoms with van der Waals surface area (Å²) in [4.78, 5) is 16.2. The van der Waals surface area contributed by atoms with Crippen LogP contribution in [0.4, 0.5) is 10.1 Å². The van der Waals surface area contributed by atoms with E-state index in [1.807, 2.05) is 12.1 Å². The second kappa shape index (κ2) is 8.80. The molecule has 0 unspecified atom stereocenters. The number of nitrogens with zero attached hydrogens (tertiary/aromatic N) is 1. The van der Waals surface area contributed by atoms with Crippen LogP contribution in [0.2, 0.25) is 0 Å². The van der Waals surface area contributed by atoms with Crippen LogP contribution in [0.3, 0.4) is 0 Å². The highest BCUT2D eigenvalue weighted by atomic mass is 19.1. The van der Waals surface area contributed by atoms with Gasteiger partial charge in [-0.05, 0) is 41.5 Å². The summed E-state index contributed by atoms with van der Waals surface area (Å²) in [5.41, 5.74) is 1.85. The molecule has 0 fully saturated rings. The van der Waals surface area contributed by atoms with Gasteiger partial charge in [-0.1, -0.05) is 18.2 Å². The van der Waals surface area contributed by atoms with Crippen LogP contribution in [0.1, 0.15) is 11.1 Å². The van der Waals surface area contributed by atoms with Crippen molar-refractivity contribution >= 4 is 11.6 Å². The number of carbonyl (C=O) groups is 1. The number of methoxy groups -OCH3 is 1. The Morgan fingerprint density at radius 1 is 1.07 bits per heavy atom. The first kappa shape index (κ1) is 18.4. The highest BCUT2D eigenvalue weighted by Crippen LogP contribution is 2.31. The van der Waals surface area contributed by atoms with Crippen molar-refractivity contribution in [3.05, 3.63) is 83.9 Å².